The third kappa shape index (κ3) is 4.27. The zero-order valence-corrected chi connectivity index (χ0v) is 10.6. The van der Waals surface area contributed by atoms with Crippen LogP contribution in [0.15, 0.2) is 0 Å². The number of rotatable bonds is 6. The summed E-state index contributed by atoms with van der Waals surface area (Å²) in [6, 6.07) is 0.669. The number of halogens is 1. The Bertz CT molecular complexity index is 180. The van der Waals surface area contributed by atoms with Gasteiger partial charge in [0.2, 0.25) is 0 Å². The first-order valence-electron chi connectivity index (χ1n) is 5.84. The van der Waals surface area contributed by atoms with E-state index in [9.17, 15) is 5.11 Å². The fourth-order valence-electron chi connectivity index (χ4n) is 2.36. The van der Waals surface area contributed by atoms with Gasteiger partial charge in [-0.3, -0.25) is 4.90 Å². The lowest BCUT2D eigenvalue weighted by atomic mass is 10.2. The predicted octanol–water partition coefficient (Wildman–Crippen LogP) is 1.00. The lowest BCUT2D eigenvalue weighted by Crippen LogP contribution is -2.41. The maximum atomic E-state index is 9.44. The highest BCUT2D eigenvalue weighted by Gasteiger charge is 2.24. The number of likely N-dealkylation sites (N-methyl/N-ethyl adjacent to an activating group) is 2. The minimum atomic E-state index is -0.395. The minimum absolute atomic E-state index is 0.326. The lowest BCUT2D eigenvalue weighted by Gasteiger charge is -2.28. The fourth-order valence-corrected chi connectivity index (χ4v) is 2.46. The van der Waals surface area contributed by atoms with Crippen LogP contribution in [0.2, 0.25) is 0 Å². The molecule has 0 aromatic rings. The second kappa shape index (κ2) is 6.69. The third-order valence-electron chi connectivity index (χ3n) is 3.13. The lowest BCUT2D eigenvalue weighted by molar-refractivity contribution is 0.123. The van der Waals surface area contributed by atoms with E-state index < -0.39 is 6.10 Å². The number of alkyl halides is 1. The molecule has 3 nitrogen and oxygen atoms in total. The summed E-state index contributed by atoms with van der Waals surface area (Å²) in [5.74, 6) is 0.326. The highest BCUT2D eigenvalue weighted by Crippen LogP contribution is 2.17. The van der Waals surface area contributed by atoms with Crippen LogP contribution in [0.5, 0.6) is 0 Å². The molecule has 1 N–H and O–H groups in total. The molecule has 1 rings (SSSR count). The maximum Gasteiger partial charge on any atom is 0.0802 e. The summed E-state index contributed by atoms with van der Waals surface area (Å²) in [6.07, 6.45) is 2.20. The van der Waals surface area contributed by atoms with Crippen molar-refractivity contribution in [2.75, 3.05) is 39.1 Å². The van der Waals surface area contributed by atoms with Crippen molar-refractivity contribution in [2.45, 2.75) is 31.9 Å². The van der Waals surface area contributed by atoms with E-state index in [1.54, 1.807) is 0 Å². The van der Waals surface area contributed by atoms with Crippen molar-refractivity contribution in [2.24, 2.45) is 0 Å². The van der Waals surface area contributed by atoms with Gasteiger partial charge < -0.3 is 10.0 Å². The van der Waals surface area contributed by atoms with Gasteiger partial charge in [0, 0.05) is 25.0 Å². The molecule has 1 aliphatic heterocycles. The molecule has 0 radical (unpaired) electrons. The molecule has 0 spiro atoms. The van der Waals surface area contributed by atoms with Crippen molar-refractivity contribution >= 4 is 11.6 Å². The van der Waals surface area contributed by atoms with Crippen molar-refractivity contribution < 1.29 is 5.11 Å². The molecular formula is C11H23ClN2O. The van der Waals surface area contributed by atoms with Gasteiger partial charge in [0.1, 0.15) is 0 Å². The van der Waals surface area contributed by atoms with Crippen molar-refractivity contribution in [1.82, 2.24) is 9.80 Å². The van der Waals surface area contributed by atoms with Gasteiger partial charge in [-0.15, -0.1) is 11.6 Å². The quantitative estimate of drug-likeness (QED) is 0.695. The zero-order chi connectivity index (χ0) is 11.3. The molecule has 2 atom stereocenters. The first kappa shape index (κ1) is 13.2. The molecule has 0 saturated carbocycles. The Morgan fingerprint density at radius 2 is 2.33 bits per heavy atom. The maximum absolute atomic E-state index is 9.44. The van der Waals surface area contributed by atoms with E-state index in [0.29, 0.717) is 18.5 Å². The molecule has 1 heterocycles. The largest absolute Gasteiger partial charge is 0.391 e. The molecular weight excluding hydrogens is 212 g/mol. The van der Waals surface area contributed by atoms with Gasteiger partial charge in [0.25, 0.3) is 0 Å². The van der Waals surface area contributed by atoms with Crippen LogP contribution in [0.4, 0.5) is 0 Å². The van der Waals surface area contributed by atoms with Gasteiger partial charge in [-0.25, -0.2) is 0 Å². The van der Waals surface area contributed by atoms with E-state index in [0.717, 1.165) is 13.1 Å². The summed E-state index contributed by atoms with van der Waals surface area (Å²) in [4.78, 5) is 4.70. The number of likely N-dealkylation sites (tertiary alicyclic amines) is 1. The van der Waals surface area contributed by atoms with E-state index in [1.165, 1.54) is 19.4 Å². The first-order chi connectivity index (χ1) is 7.17. The summed E-state index contributed by atoms with van der Waals surface area (Å²) < 4.78 is 0. The zero-order valence-electron chi connectivity index (χ0n) is 9.82. The summed E-state index contributed by atoms with van der Waals surface area (Å²) in [5, 5.41) is 9.44. The summed E-state index contributed by atoms with van der Waals surface area (Å²) in [5.41, 5.74) is 0. The summed E-state index contributed by atoms with van der Waals surface area (Å²) in [6.45, 7) is 6.30. The SMILES string of the molecule is CCN1CCCC1CN(C)CC(O)CCl. The molecule has 15 heavy (non-hydrogen) atoms. The molecule has 4 heteroatoms. The van der Waals surface area contributed by atoms with Crippen LogP contribution < -0.4 is 0 Å². The van der Waals surface area contributed by atoms with Crippen LogP contribution in [0.25, 0.3) is 0 Å². The average molecular weight is 235 g/mol. The molecule has 0 aliphatic carbocycles. The molecule has 2 unspecified atom stereocenters. The van der Waals surface area contributed by atoms with Crippen molar-refractivity contribution in [3.63, 3.8) is 0 Å². The van der Waals surface area contributed by atoms with E-state index in [1.807, 2.05) is 0 Å². The van der Waals surface area contributed by atoms with Crippen LogP contribution in [0, 0.1) is 0 Å². The van der Waals surface area contributed by atoms with Crippen LogP contribution >= 0.6 is 11.6 Å². The molecule has 1 aliphatic rings. The first-order valence-corrected chi connectivity index (χ1v) is 6.37. The molecule has 0 aromatic carbocycles. The number of hydrogen-bond acceptors (Lipinski definition) is 3. The standard InChI is InChI=1S/C11H23ClN2O/c1-3-14-6-4-5-10(14)8-13(2)9-11(15)7-12/h10-11,15H,3-9H2,1-2H3. The van der Waals surface area contributed by atoms with Crippen LogP contribution in [-0.4, -0.2) is 66.2 Å². The fraction of sp³-hybridized carbons (Fsp3) is 1.00. The van der Waals surface area contributed by atoms with Gasteiger partial charge in [-0.2, -0.15) is 0 Å². The Labute approximate surface area is 98.0 Å². The Morgan fingerprint density at radius 1 is 1.60 bits per heavy atom. The van der Waals surface area contributed by atoms with Gasteiger partial charge >= 0.3 is 0 Å². The number of aliphatic hydroxyl groups is 1. The minimum Gasteiger partial charge on any atom is -0.391 e. The van der Waals surface area contributed by atoms with E-state index >= 15 is 0 Å². The van der Waals surface area contributed by atoms with Gasteiger partial charge in [-0.05, 0) is 33.0 Å². The summed E-state index contributed by atoms with van der Waals surface area (Å²) in [7, 11) is 2.06. The van der Waals surface area contributed by atoms with Crippen LogP contribution in [0.3, 0.4) is 0 Å². The topological polar surface area (TPSA) is 26.7 Å². The van der Waals surface area contributed by atoms with Crippen LogP contribution in [-0.2, 0) is 0 Å². The van der Waals surface area contributed by atoms with Crippen LogP contribution in [0.1, 0.15) is 19.8 Å². The van der Waals surface area contributed by atoms with E-state index in [4.69, 9.17) is 11.6 Å². The molecule has 0 aromatic heterocycles. The van der Waals surface area contributed by atoms with E-state index in [2.05, 4.69) is 23.8 Å². The molecule has 1 fully saturated rings. The highest BCUT2D eigenvalue weighted by atomic mass is 35.5. The Hall–Kier alpha value is 0.170. The van der Waals surface area contributed by atoms with Gasteiger partial charge in [0.05, 0.1) is 6.10 Å². The Balaban J connectivity index is 2.27. The Kier molecular flexibility index (Phi) is 5.90. The molecule has 0 bridgehead atoms. The number of nitrogens with zero attached hydrogens (tertiary/aromatic N) is 2. The van der Waals surface area contributed by atoms with Gasteiger partial charge in [0.15, 0.2) is 0 Å². The monoisotopic (exact) mass is 234 g/mol. The predicted molar refractivity (Wildman–Crippen MR) is 64.5 cm³/mol. The second-order valence-corrected chi connectivity index (χ2v) is 4.76. The Morgan fingerprint density at radius 3 is 2.93 bits per heavy atom. The van der Waals surface area contributed by atoms with Crippen molar-refractivity contribution in [3.8, 4) is 0 Å². The molecule has 1 saturated heterocycles. The van der Waals surface area contributed by atoms with Crippen molar-refractivity contribution in [1.29, 1.82) is 0 Å². The average Bonchev–Trinajstić information content (AvgIpc) is 2.64. The van der Waals surface area contributed by atoms with Gasteiger partial charge in [-0.1, -0.05) is 6.92 Å². The van der Waals surface area contributed by atoms with Crippen molar-refractivity contribution in [3.05, 3.63) is 0 Å². The normalized spacial score (nSPS) is 25.0. The highest BCUT2D eigenvalue weighted by molar-refractivity contribution is 6.18. The number of aliphatic hydroxyl groups excluding tert-OH is 1. The summed E-state index contributed by atoms with van der Waals surface area (Å²) >= 11 is 5.58. The number of hydrogen-bond donors (Lipinski definition) is 1. The molecule has 0 amide bonds. The molecule has 90 valence electrons. The van der Waals surface area contributed by atoms with E-state index in [-0.39, 0.29) is 0 Å². The third-order valence-corrected chi connectivity index (χ3v) is 3.48. The second-order valence-electron chi connectivity index (χ2n) is 4.45. The smallest absolute Gasteiger partial charge is 0.0802 e.